The van der Waals surface area contributed by atoms with Crippen molar-refractivity contribution in [3.8, 4) is 5.75 Å². The molecule has 1 aromatic heterocycles. The minimum Gasteiger partial charge on any atom is -0.494 e. The molecule has 8 nitrogen and oxygen atoms in total. The molecule has 154 valence electrons. The number of carbonyl (C=O) groups excluding carboxylic acids is 1. The van der Waals surface area contributed by atoms with Crippen LogP contribution in [0.5, 0.6) is 5.75 Å². The van der Waals surface area contributed by atoms with E-state index in [-0.39, 0.29) is 34.3 Å². The summed E-state index contributed by atoms with van der Waals surface area (Å²) in [6, 6.07) is 8.34. The molecule has 0 saturated carbocycles. The molecule has 1 amide bonds. The van der Waals surface area contributed by atoms with Crippen molar-refractivity contribution in [2.24, 2.45) is 5.73 Å². The van der Waals surface area contributed by atoms with Gasteiger partial charge in [0.05, 0.1) is 28.8 Å². The monoisotopic (exact) mass is 440 g/mol. The first-order valence-electron chi connectivity index (χ1n) is 8.03. The van der Waals surface area contributed by atoms with Crippen molar-refractivity contribution < 1.29 is 22.3 Å². The number of nitrogens with two attached hydrogens (primary N) is 1. The smallest absolute Gasteiger partial charge is 0.252 e. The van der Waals surface area contributed by atoms with Crippen LogP contribution in [0.2, 0.25) is 0 Å². The van der Waals surface area contributed by atoms with Crippen LogP contribution in [-0.2, 0) is 10.0 Å². The number of aromatic nitrogens is 1. The minimum absolute atomic E-state index is 0. The molecule has 3 rings (SSSR count). The van der Waals surface area contributed by atoms with E-state index in [4.69, 9.17) is 10.5 Å². The SMILES string of the molecule is CNS(=O)(=O)c1ccc2ncc(C(N)=O)c(Nc3ccc(F)c(OC)c3)c2c1.Cl. The zero-order valence-electron chi connectivity index (χ0n) is 15.4. The van der Waals surface area contributed by atoms with E-state index in [0.717, 1.165) is 0 Å². The van der Waals surface area contributed by atoms with Gasteiger partial charge in [0.2, 0.25) is 10.0 Å². The summed E-state index contributed by atoms with van der Waals surface area (Å²) in [4.78, 5) is 16.0. The highest BCUT2D eigenvalue weighted by molar-refractivity contribution is 7.89. The fourth-order valence-corrected chi connectivity index (χ4v) is 3.42. The van der Waals surface area contributed by atoms with E-state index in [1.54, 1.807) is 0 Å². The number of amides is 1. The lowest BCUT2D eigenvalue weighted by Crippen LogP contribution is -2.18. The summed E-state index contributed by atoms with van der Waals surface area (Å²) in [7, 11) is -1.10. The number of halogens is 2. The lowest BCUT2D eigenvalue weighted by Gasteiger charge is -2.15. The van der Waals surface area contributed by atoms with Gasteiger partial charge in [-0.3, -0.25) is 9.78 Å². The molecule has 0 aliphatic carbocycles. The maximum atomic E-state index is 13.7. The van der Waals surface area contributed by atoms with Gasteiger partial charge in [0.25, 0.3) is 5.91 Å². The van der Waals surface area contributed by atoms with Crippen molar-refractivity contribution in [1.82, 2.24) is 9.71 Å². The van der Waals surface area contributed by atoms with Crippen LogP contribution in [0.4, 0.5) is 15.8 Å². The topological polar surface area (TPSA) is 123 Å². The fourth-order valence-electron chi connectivity index (χ4n) is 2.66. The highest BCUT2D eigenvalue weighted by Gasteiger charge is 2.18. The Labute approximate surface area is 172 Å². The molecule has 29 heavy (non-hydrogen) atoms. The molecule has 2 aromatic carbocycles. The second-order valence-corrected chi connectivity index (χ2v) is 7.66. The number of fused-ring (bicyclic) bond motifs is 1. The molecule has 4 N–H and O–H groups in total. The Bertz CT molecular complexity index is 1190. The van der Waals surface area contributed by atoms with Crippen LogP contribution >= 0.6 is 12.4 Å². The van der Waals surface area contributed by atoms with Crippen LogP contribution in [0.1, 0.15) is 10.4 Å². The summed E-state index contributed by atoms with van der Waals surface area (Å²) < 4.78 is 45.2. The maximum Gasteiger partial charge on any atom is 0.252 e. The lowest BCUT2D eigenvalue weighted by atomic mass is 10.1. The highest BCUT2D eigenvalue weighted by atomic mass is 35.5. The molecule has 0 unspecified atom stereocenters. The first-order valence-corrected chi connectivity index (χ1v) is 9.52. The number of hydrogen-bond acceptors (Lipinski definition) is 6. The van der Waals surface area contributed by atoms with E-state index >= 15 is 0 Å². The molecule has 0 aliphatic heterocycles. The van der Waals surface area contributed by atoms with Gasteiger partial charge in [-0.1, -0.05) is 0 Å². The van der Waals surface area contributed by atoms with E-state index in [1.807, 2.05) is 0 Å². The average molecular weight is 441 g/mol. The number of carbonyl (C=O) groups is 1. The number of rotatable bonds is 6. The molecular weight excluding hydrogens is 423 g/mol. The molecule has 0 bridgehead atoms. The number of nitrogens with zero attached hydrogens (tertiary/aromatic N) is 1. The zero-order chi connectivity index (χ0) is 20.5. The lowest BCUT2D eigenvalue weighted by molar-refractivity contribution is 0.100. The predicted molar refractivity (Wildman–Crippen MR) is 110 cm³/mol. The third-order valence-electron chi connectivity index (χ3n) is 4.10. The van der Waals surface area contributed by atoms with Gasteiger partial charge in [-0.05, 0) is 37.4 Å². The van der Waals surface area contributed by atoms with Crippen LogP contribution in [-0.4, -0.2) is 33.5 Å². The number of nitrogens with one attached hydrogen (secondary N) is 2. The molecule has 11 heteroatoms. The fraction of sp³-hybridized carbons (Fsp3) is 0.111. The van der Waals surface area contributed by atoms with Crippen LogP contribution in [0, 0.1) is 5.82 Å². The first-order chi connectivity index (χ1) is 13.3. The number of anilines is 2. The molecular formula is C18H18ClFN4O4S. The predicted octanol–water partition coefficient (Wildman–Crippen LogP) is 2.55. The Balaban J connectivity index is 0.00000300. The number of primary amides is 1. The van der Waals surface area contributed by atoms with Gasteiger partial charge in [0.1, 0.15) is 0 Å². The summed E-state index contributed by atoms with van der Waals surface area (Å²) in [5, 5.41) is 3.35. The molecule has 1 heterocycles. The number of hydrogen-bond donors (Lipinski definition) is 3. The van der Waals surface area contributed by atoms with E-state index in [9.17, 15) is 17.6 Å². The Morgan fingerprint density at radius 1 is 1.21 bits per heavy atom. The molecule has 0 atom stereocenters. The molecule has 0 aliphatic rings. The van der Waals surface area contributed by atoms with Gasteiger partial charge >= 0.3 is 0 Å². The number of methoxy groups -OCH3 is 1. The van der Waals surface area contributed by atoms with Crippen molar-refractivity contribution in [3.63, 3.8) is 0 Å². The molecule has 0 fully saturated rings. The van der Waals surface area contributed by atoms with Gasteiger partial charge in [-0.25, -0.2) is 17.5 Å². The first kappa shape index (κ1) is 22.3. The molecule has 0 saturated heterocycles. The number of sulfonamides is 1. The Morgan fingerprint density at radius 3 is 2.55 bits per heavy atom. The van der Waals surface area contributed by atoms with Crippen LogP contribution in [0.3, 0.4) is 0 Å². The number of benzene rings is 2. The number of pyridine rings is 1. The minimum atomic E-state index is -3.72. The van der Waals surface area contributed by atoms with Gasteiger partial charge in [0.15, 0.2) is 11.6 Å². The van der Waals surface area contributed by atoms with Crippen molar-refractivity contribution in [1.29, 1.82) is 0 Å². The second kappa shape index (κ2) is 8.60. The summed E-state index contributed by atoms with van der Waals surface area (Å²) >= 11 is 0. The third kappa shape index (κ3) is 4.39. The maximum absolute atomic E-state index is 13.7. The molecule has 3 aromatic rings. The van der Waals surface area contributed by atoms with Crippen LogP contribution < -0.4 is 20.5 Å². The average Bonchev–Trinajstić information content (AvgIpc) is 2.68. The number of ether oxygens (including phenoxy) is 1. The van der Waals surface area contributed by atoms with E-state index < -0.39 is 21.7 Å². The standard InChI is InChI=1S/C18H17FN4O4S.ClH/c1-21-28(25,26)11-4-6-15-12(8-11)17(13(9-22-15)18(20)24)23-10-3-5-14(19)16(7-10)27-2;/h3-9,21H,1-2H3,(H2,20,24)(H,22,23);1H. The van der Waals surface area contributed by atoms with Gasteiger partial charge in [0, 0.05) is 23.3 Å². The van der Waals surface area contributed by atoms with Gasteiger partial charge in [-0.2, -0.15) is 0 Å². The second-order valence-electron chi connectivity index (χ2n) is 5.77. The van der Waals surface area contributed by atoms with Crippen molar-refractivity contribution >= 4 is 50.6 Å². The highest BCUT2D eigenvalue weighted by Crippen LogP contribution is 2.32. The summed E-state index contributed by atoms with van der Waals surface area (Å²) in [6.45, 7) is 0. The molecule has 0 spiro atoms. The Hall–Kier alpha value is -2.95. The van der Waals surface area contributed by atoms with E-state index in [2.05, 4.69) is 15.0 Å². The summed E-state index contributed by atoms with van der Waals surface area (Å²) in [5.41, 5.74) is 6.61. The van der Waals surface area contributed by atoms with Gasteiger partial charge in [-0.15, -0.1) is 12.4 Å². The largest absolute Gasteiger partial charge is 0.494 e. The Kier molecular flexibility index (Phi) is 6.62. The Morgan fingerprint density at radius 2 is 1.93 bits per heavy atom. The normalized spacial score (nSPS) is 11.0. The quantitative estimate of drug-likeness (QED) is 0.541. The van der Waals surface area contributed by atoms with Crippen LogP contribution in [0.15, 0.2) is 47.5 Å². The van der Waals surface area contributed by atoms with Crippen molar-refractivity contribution in [2.45, 2.75) is 4.90 Å². The summed E-state index contributed by atoms with van der Waals surface area (Å²) in [5.74, 6) is -1.31. The van der Waals surface area contributed by atoms with Gasteiger partial charge < -0.3 is 15.8 Å². The van der Waals surface area contributed by atoms with Crippen molar-refractivity contribution in [3.05, 3.63) is 54.0 Å². The third-order valence-corrected chi connectivity index (χ3v) is 5.52. The van der Waals surface area contributed by atoms with Crippen molar-refractivity contribution in [2.75, 3.05) is 19.5 Å². The van der Waals surface area contributed by atoms with Crippen LogP contribution in [0.25, 0.3) is 10.9 Å². The summed E-state index contributed by atoms with van der Waals surface area (Å²) in [6.07, 6.45) is 1.29. The van der Waals surface area contributed by atoms with E-state index in [1.165, 1.54) is 56.8 Å². The zero-order valence-corrected chi connectivity index (χ0v) is 17.0. The van der Waals surface area contributed by atoms with E-state index in [0.29, 0.717) is 16.6 Å². The molecule has 0 radical (unpaired) electrons.